The van der Waals surface area contributed by atoms with Crippen molar-refractivity contribution < 1.29 is 24.3 Å². The number of fused-ring (bicyclic) bond motifs is 1. The molecule has 2 heterocycles. The molecule has 148 valence electrons. The van der Waals surface area contributed by atoms with Gasteiger partial charge >= 0.3 is 5.97 Å². The van der Waals surface area contributed by atoms with Crippen molar-refractivity contribution in [2.75, 3.05) is 0 Å². The summed E-state index contributed by atoms with van der Waals surface area (Å²) in [5.74, 6) is -2.30. The number of amides is 3. The molecular weight excluding hydrogens is 364 g/mol. The van der Waals surface area contributed by atoms with Crippen LogP contribution in [0.15, 0.2) is 30.5 Å². The van der Waals surface area contributed by atoms with Gasteiger partial charge in [-0.15, -0.1) is 0 Å². The Morgan fingerprint density at radius 1 is 1.18 bits per heavy atom. The number of hydrogen-bond acceptors (Lipinski definition) is 4. The van der Waals surface area contributed by atoms with E-state index in [1.54, 1.807) is 13.1 Å². The van der Waals surface area contributed by atoms with Crippen molar-refractivity contribution in [3.8, 4) is 0 Å². The van der Waals surface area contributed by atoms with Crippen molar-refractivity contribution in [3.05, 3.63) is 36.0 Å². The smallest absolute Gasteiger partial charge is 0.326 e. The fourth-order valence-corrected chi connectivity index (χ4v) is 3.21. The minimum absolute atomic E-state index is 0.0790. The van der Waals surface area contributed by atoms with Crippen LogP contribution in [-0.4, -0.2) is 51.9 Å². The molecule has 0 spiro atoms. The summed E-state index contributed by atoms with van der Waals surface area (Å²) < 4.78 is 0. The monoisotopic (exact) mass is 386 g/mol. The van der Waals surface area contributed by atoms with E-state index >= 15 is 0 Å². The van der Waals surface area contributed by atoms with E-state index in [9.17, 15) is 24.3 Å². The number of aliphatic carboxylic acids is 1. The Morgan fingerprint density at radius 3 is 2.68 bits per heavy atom. The molecule has 0 bridgehead atoms. The Kier molecular flexibility index (Phi) is 5.62. The summed E-state index contributed by atoms with van der Waals surface area (Å²) in [6, 6.07) is 5.00. The number of carboxylic acid groups (broad SMARTS) is 1. The lowest BCUT2D eigenvalue weighted by Gasteiger charge is -2.27. The Hall–Kier alpha value is -3.36. The fourth-order valence-electron chi connectivity index (χ4n) is 3.21. The highest BCUT2D eigenvalue weighted by Gasteiger charge is 2.31. The van der Waals surface area contributed by atoms with Crippen LogP contribution in [0.2, 0.25) is 0 Å². The van der Waals surface area contributed by atoms with Crippen LogP contribution in [0.4, 0.5) is 0 Å². The molecule has 0 saturated carbocycles. The Balaban J connectivity index is 1.58. The summed E-state index contributed by atoms with van der Waals surface area (Å²) in [6.07, 6.45) is 1.87. The van der Waals surface area contributed by atoms with Gasteiger partial charge in [-0.05, 0) is 25.0 Å². The van der Waals surface area contributed by atoms with Gasteiger partial charge in [-0.25, -0.2) is 4.79 Å². The minimum atomic E-state index is -1.14. The van der Waals surface area contributed by atoms with Gasteiger partial charge in [-0.2, -0.15) is 0 Å². The number of H-pyrrole nitrogens is 1. The molecule has 3 atom stereocenters. The predicted octanol–water partition coefficient (Wildman–Crippen LogP) is 0.0631. The Morgan fingerprint density at radius 2 is 1.93 bits per heavy atom. The van der Waals surface area contributed by atoms with E-state index in [2.05, 4.69) is 20.9 Å². The number of hydrogen-bond donors (Lipinski definition) is 5. The van der Waals surface area contributed by atoms with E-state index in [-0.39, 0.29) is 31.1 Å². The van der Waals surface area contributed by atoms with E-state index in [1.807, 2.05) is 24.3 Å². The quantitative estimate of drug-likeness (QED) is 0.458. The topological polar surface area (TPSA) is 140 Å². The molecule has 3 amide bonds. The molecule has 1 saturated heterocycles. The molecular formula is C19H22N4O5. The third-order valence-corrected chi connectivity index (χ3v) is 4.78. The van der Waals surface area contributed by atoms with Gasteiger partial charge in [0.15, 0.2) is 0 Å². The number of carboxylic acids is 1. The molecule has 28 heavy (non-hydrogen) atoms. The average Bonchev–Trinajstić information content (AvgIpc) is 3.06. The lowest BCUT2D eigenvalue weighted by molar-refractivity contribution is -0.142. The third-order valence-electron chi connectivity index (χ3n) is 4.78. The van der Waals surface area contributed by atoms with Crippen LogP contribution in [0, 0.1) is 0 Å². The molecule has 3 rings (SSSR count). The van der Waals surface area contributed by atoms with Gasteiger partial charge in [0.25, 0.3) is 0 Å². The van der Waals surface area contributed by atoms with Crippen LogP contribution in [-0.2, 0) is 25.6 Å². The SMILES string of the molecule is C[C@H]1NC(=O)[C@@H](CCC(=O)N[C@@H](Cc2c[nH]c3ccccc23)C(=O)O)NC1=O. The zero-order valence-corrected chi connectivity index (χ0v) is 15.3. The van der Waals surface area contributed by atoms with E-state index in [0.717, 1.165) is 16.5 Å². The highest BCUT2D eigenvalue weighted by Crippen LogP contribution is 2.19. The molecule has 0 unspecified atom stereocenters. The highest BCUT2D eigenvalue weighted by atomic mass is 16.4. The summed E-state index contributed by atoms with van der Waals surface area (Å²) in [7, 11) is 0. The van der Waals surface area contributed by atoms with Gasteiger partial charge in [0.2, 0.25) is 17.7 Å². The highest BCUT2D eigenvalue weighted by molar-refractivity contribution is 5.97. The van der Waals surface area contributed by atoms with Crippen molar-refractivity contribution in [3.63, 3.8) is 0 Å². The van der Waals surface area contributed by atoms with Crippen LogP contribution in [0.3, 0.4) is 0 Å². The second-order valence-corrected chi connectivity index (χ2v) is 6.85. The molecule has 1 aromatic heterocycles. The Bertz CT molecular complexity index is 922. The zero-order valence-electron chi connectivity index (χ0n) is 15.3. The normalized spacial score (nSPS) is 20.3. The molecule has 1 aliphatic rings. The molecule has 1 fully saturated rings. The summed E-state index contributed by atoms with van der Waals surface area (Å²) >= 11 is 0. The van der Waals surface area contributed by atoms with Crippen LogP contribution < -0.4 is 16.0 Å². The summed E-state index contributed by atoms with van der Waals surface area (Å²) in [5, 5.41) is 17.9. The number of carbonyl (C=O) groups is 4. The number of carbonyl (C=O) groups excluding carboxylic acids is 3. The molecule has 1 aliphatic heterocycles. The van der Waals surface area contributed by atoms with Gasteiger partial charge in [-0.3, -0.25) is 14.4 Å². The third kappa shape index (κ3) is 4.30. The van der Waals surface area contributed by atoms with Crippen LogP contribution in [0.5, 0.6) is 0 Å². The first-order valence-electron chi connectivity index (χ1n) is 9.03. The van der Waals surface area contributed by atoms with Gasteiger partial charge in [0.1, 0.15) is 18.1 Å². The van der Waals surface area contributed by atoms with E-state index in [0.29, 0.717) is 0 Å². The first kappa shape index (κ1) is 19.4. The Labute approximate surface area is 160 Å². The number of aromatic amines is 1. The van der Waals surface area contributed by atoms with Crippen molar-refractivity contribution in [2.24, 2.45) is 0 Å². The van der Waals surface area contributed by atoms with E-state index in [1.165, 1.54) is 0 Å². The summed E-state index contributed by atoms with van der Waals surface area (Å²) in [6.45, 7) is 1.57. The number of para-hydroxylation sites is 1. The van der Waals surface area contributed by atoms with Crippen molar-refractivity contribution in [2.45, 2.75) is 44.3 Å². The number of aromatic nitrogens is 1. The van der Waals surface area contributed by atoms with Crippen molar-refractivity contribution >= 4 is 34.6 Å². The molecule has 0 radical (unpaired) electrons. The maximum atomic E-state index is 12.2. The lowest BCUT2D eigenvalue weighted by atomic mass is 10.0. The molecule has 9 nitrogen and oxygen atoms in total. The molecule has 2 aromatic rings. The minimum Gasteiger partial charge on any atom is -0.480 e. The van der Waals surface area contributed by atoms with Gasteiger partial charge in [0.05, 0.1) is 0 Å². The molecule has 9 heteroatoms. The maximum Gasteiger partial charge on any atom is 0.326 e. The zero-order chi connectivity index (χ0) is 20.3. The second kappa shape index (κ2) is 8.12. The molecule has 0 aliphatic carbocycles. The van der Waals surface area contributed by atoms with Crippen LogP contribution >= 0.6 is 0 Å². The van der Waals surface area contributed by atoms with Crippen molar-refractivity contribution in [1.82, 2.24) is 20.9 Å². The number of rotatable bonds is 7. The molecule has 1 aromatic carbocycles. The number of benzene rings is 1. The predicted molar refractivity (Wildman–Crippen MR) is 100 cm³/mol. The van der Waals surface area contributed by atoms with Crippen LogP contribution in [0.25, 0.3) is 10.9 Å². The van der Waals surface area contributed by atoms with Crippen LogP contribution in [0.1, 0.15) is 25.3 Å². The maximum absolute atomic E-state index is 12.2. The van der Waals surface area contributed by atoms with E-state index < -0.39 is 30.0 Å². The van der Waals surface area contributed by atoms with Gasteiger partial charge in [-0.1, -0.05) is 18.2 Å². The molecule has 5 N–H and O–H groups in total. The fraction of sp³-hybridized carbons (Fsp3) is 0.368. The number of piperazine rings is 1. The summed E-state index contributed by atoms with van der Waals surface area (Å²) in [4.78, 5) is 50.4. The van der Waals surface area contributed by atoms with Gasteiger partial charge in [0, 0.05) is 29.9 Å². The standard InChI is InChI=1S/C19H22N4O5/c1-10-17(25)23-14(18(26)21-10)6-7-16(24)22-15(19(27)28)8-11-9-20-13-5-3-2-4-12(11)13/h2-5,9-10,14-15,20H,6-8H2,1H3,(H,21,26)(H,22,24)(H,23,25)(H,27,28)/t10-,14-,15+/m1/s1. The second-order valence-electron chi connectivity index (χ2n) is 6.85. The van der Waals surface area contributed by atoms with Crippen molar-refractivity contribution in [1.29, 1.82) is 0 Å². The van der Waals surface area contributed by atoms with Gasteiger partial charge < -0.3 is 26.0 Å². The van der Waals surface area contributed by atoms with E-state index in [4.69, 9.17) is 0 Å². The lowest BCUT2D eigenvalue weighted by Crippen LogP contribution is -2.60. The first-order valence-corrected chi connectivity index (χ1v) is 9.03. The largest absolute Gasteiger partial charge is 0.480 e. The first-order chi connectivity index (χ1) is 13.3. The average molecular weight is 386 g/mol. The number of nitrogens with one attached hydrogen (secondary N) is 4. The summed E-state index contributed by atoms with van der Waals surface area (Å²) in [5.41, 5.74) is 1.68.